The average Bonchev–Trinajstić information content (AvgIpc) is 3.27. The number of hydrogen-bond acceptors (Lipinski definition) is 4. The molecule has 0 aliphatic carbocycles. The van der Waals surface area contributed by atoms with Crippen LogP contribution in [0.1, 0.15) is 18.4 Å². The fraction of sp³-hybridized carbons (Fsp3) is 0.409. The number of aromatic nitrogens is 1. The molecule has 28 heavy (non-hydrogen) atoms. The molecular formula is C22H26N4O2. The summed E-state index contributed by atoms with van der Waals surface area (Å²) in [5.41, 5.74) is 1.85. The van der Waals surface area contributed by atoms with E-state index in [2.05, 4.69) is 9.88 Å². The summed E-state index contributed by atoms with van der Waals surface area (Å²) in [5.74, 6) is 0.235. The van der Waals surface area contributed by atoms with Crippen molar-refractivity contribution >= 4 is 28.8 Å². The molecule has 0 atom stereocenters. The number of amides is 2. The first-order valence-electron chi connectivity index (χ1n) is 10.0. The van der Waals surface area contributed by atoms with Crippen molar-refractivity contribution in [1.82, 2.24) is 19.7 Å². The van der Waals surface area contributed by atoms with Crippen molar-refractivity contribution in [3.05, 3.63) is 48.2 Å². The molecule has 2 fully saturated rings. The van der Waals surface area contributed by atoms with Gasteiger partial charge in [0, 0.05) is 62.5 Å². The molecule has 2 aromatic rings. The molecule has 0 N–H and O–H groups in total. The molecule has 2 aliphatic rings. The summed E-state index contributed by atoms with van der Waals surface area (Å²) in [5, 5.41) is 1.06. The van der Waals surface area contributed by atoms with E-state index < -0.39 is 0 Å². The fourth-order valence-corrected chi connectivity index (χ4v) is 3.91. The standard InChI is InChI=1S/C22H26N4O2/c27-20(9-8-19-6-3-5-18-7-4-10-23-22(18)19)26-15-13-24(14-16-26)17-21(28)25-11-1-2-12-25/h3-10H,1-2,11-17H2/b9-8+. The number of rotatable bonds is 4. The fourth-order valence-electron chi connectivity index (χ4n) is 3.91. The van der Waals surface area contributed by atoms with Gasteiger partial charge < -0.3 is 9.80 Å². The van der Waals surface area contributed by atoms with Gasteiger partial charge in [-0.15, -0.1) is 0 Å². The topological polar surface area (TPSA) is 56.8 Å². The summed E-state index contributed by atoms with van der Waals surface area (Å²) in [6.45, 7) is 5.06. The summed E-state index contributed by atoms with van der Waals surface area (Å²) in [4.78, 5) is 35.2. The first-order valence-corrected chi connectivity index (χ1v) is 10.0. The van der Waals surface area contributed by atoms with Crippen LogP contribution in [0.5, 0.6) is 0 Å². The Hall–Kier alpha value is -2.73. The van der Waals surface area contributed by atoms with E-state index in [0.29, 0.717) is 19.6 Å². The average molecular weight is 378 g/mol. The number of pyridine rings is 1. The summed E-state index contributed by atoms with van der Waals surface area (Å²) in [7, 11) is 0. The quantitative estimate of drug-likeness (QED) is 0.764. The van der Waals surface area contributed by atoms with E-state index in [9.17, 15) is 9.59 Å². The van der Waals surface area contributed by atoms with Gasteiger partial charge in [0.05, 0.1) is 12.1 Å². The first-order chi connectivity index (χ1) is 13.7. The molecule has 1 aromatic heterocycles. The van der Waals surface area contributed by atoms with Crippen LogP contribution < -0.4 is 0 Å². The van der Waals surface area contributed by atoms with Crippen LogP contribution in [-0.4, -0.2) is 77.3 Å². The van der Waals surface area contributed by atoms with E-state index >= 15 is 0 Å². The normalized spacial score (nSPS) is 18.3. The lowest BCUT2D eigenvalue weighted by molar-refractivity contribution is -0.132. The zero-order chi connectivity index (χ0) is 19.3. The Morgan fingerprint density at radius 2 is 1.68 bits per heavy atom. The van der Waals surface area contributed by atoms with Crippen molar-refractivity contribution < 1.29 is 9.59 Å². The highest BCUT2D eigenvalue weighted by Crippen LogP contribution is 2.17. The molecule has 1 aromatic carbocycles. The molecular weight excluding hydrogens is 352 g/mol. The molecule has 0 saturated carbocycles. The van der Waals surface area contributed by atoms with Crippen LogP contribution in [0, 0.1) is 0 Å². The van der Waals surface area contributed by atoms with Gasteiger partial charge in [-0.2, -0.15) is 0 Å². The molecule has 0 radical (unpaired) electrons. The number of nitrogens with zero attached hydrogens (tertiary/aromatic N) is 4. The van der Waals surface area contributed by atoms with Gasteiger partial charge in [-0.05, 0) is 25.0 Å². The highest BCUT2D eigenvalue weighted by atomic mass is 16.2. The Morgan fingerprint density at radius 1 is 0.929 bits per heavy atom. The zero-order valence-electron chi connectivity index (χ0n) is 16.1. The molecule has 0 spiro atoms. The van der Waals surface area contributed by atoms with Crippen LogP contribution >= 0.6 is 0 Å². The van der Waals surface area contributed by atoms with Gasteiger partial charge in [0.15, 0.2) is 0 Å². The van der Waals surface area contributed by atoms with E-state index in [1.165, 1.54) is 0 Å². The second-order valence-corrected chi connectivity index (χ2v) is 7.45. The number of likely N-dealkylation sites (tertiary alicyclic amines) is 1. The van der Waals surface area contributed by atoms with E-state index in [0.717, 1.165) is 55.5 Å². The van der Waals surface area contributed by atoms with Gasteiger partial charge in [-0.3, -0.25) is 19.5 Å². The van der Waals surface area contributed by atoms with Crippen LogP contribution in [0.15, 0.2) is 42.6 Å². The van der Waals surface area contributed by atoms with Crippen molar-refractivity contribution in [2.45, 2.75) is 12.8 Å². The molecule has 2 aliphatic heterocycles. The zero-order valence-corrected chi connectivity index (χ0v) is 16.1. The third kappa shape index (κ3) is 4.22. The number of hydrogen-bond donors (Lipinski definition) is 0. The Labute approximate surface area is 165 Å². The van der Waals surface area contributed by atoms with Crippen LogP contribution in [0.2, 0.25) is 0 Å². The van der Waals surface area contributed by atoms with E-state index in [-0.39, 0.29) is 11.8 Å². The second kappa shape index (κ2) is 8.52. The monoisotopic (exact) mass is 378 g/mol. The molecule has 3 heterocycles. The molecule has 6 heteroatoms. The maximum Gasteiger partial charge on any atom is 0.246 e. The molecule has 2 amide bonds. The lowest BCUT2D eigenvalue weighted by Gasteiger charge is -2.34. The van der Waals surface area contributed by atoms with E-state index in [1.807, 2.05) is 46.2 Å². The molecule has 146 valence electrons. The van der Waals surface area contributed by atoms with Gasteiger partial charge in [-0.25, -0.2) is 0 Å². The van der Waals surface area contributed by atoms with Crippen molar-refractivity contribution in [2.24, 2.45) is 0 Å². The maximum absolute atomic E-state index is 12.6. The number of fused-ring (bicyclic) bond motifs is 1. The third-order valence-electron chi connectivity index (χ3n) is 5.57. The SMILES string of the molecule is O=C(/C=C/c1cccc2cccnc12)N1CCN(CC(=O)N2CCCC2)CC1. The van der Waals surface area contributed by atoms with Crippen LogP contribution in [-0.2, 0) is 9.59 Å². The number of benzene rings is 1. The van der Waals surface area contributed by atoms with Gasteiger partial charge >= 0.3 is 0 Å². The lowest BCUT2D eigenvalue weighted by Crippen LogP contribution is -2.51. The summed E-state index contributed by atoms with van der Waals surface area (Å²) >= 11 is 0. The van der Waals surface area contributed by atoms with Gasteiger partial charge in [0.25, 0.3) is 0 Å². The minimum Gasteiger partial charge on any atom is -0.342 e. The van der Waals surface area contributed by atoms with E-state index in [1.54, 1.807) is 12.3 Å². The number of carbonyl (C=O) groups is 2. The Bertz CT molecular complexity index is 876. The van der Waals surface area contributed by atoms with Crippen molar-refractivity contribution in [3.63, 3.8) is 0 Å². The molecule has 0 unspecified atom stereocenters. The highest BCUT2D eigenvalue weighted by Gasteiger charge is 2.24. The number of piperazine rings is 1. The minimum absolute atomic E-state index is 0.0125. The van der Waals surface area contributed by atoms with Gasteiger partial charge in [-0.1, -0.05) is 24.3 Å². The van der Waals surface area contributed by atoms with Crippen molar-refractivity contribution in [2.75, 3.05) is 45.8 Å². The molecule has 0 bridgehead atoms. The summed E-state index contributed by atoms with van der Waals surface area (Å²) < 4.78 is 0. The lowest BCUT2D eigenvalue weighted by atomic mass is 10.1. The van der Waals surface area contributed by atoms with Gasteiger partial charge in [0.1, 0.15) is 0 Å². The summed E-state index contributed by atoms with van der Waals surface area (Å²) in [6, 6.07) is 9.90. The third-order valence-corrected chi connectivity index (χ3v) is 5.57. The Balaban J connectivity index is 1.31. The molecule has 6 nitrogen and oxygen atoms in total. The maximum atomic E-state index is 12.6. The first kappa shape index (κ1) is 18.6. The number of carbonyl (C=O) groups excluding carboxylic acids is 2. The minimum atomic E-state index is 0.0125. The van der Waals surface area contributed by atoms with E-state index in [4.69, 9.17) is 0 Å². The van der Waals surface area contributed by atoms with Gasteiger partial charge in [0.2, 0.25) is 11.8 Å². The predicted octanol–water partition coefficient (Wildman–Crippen LogP) is 2.01. The van der Waals surface area contributed by atoms with Crippen LogP contribution in [0.3, 0.4) is 0 Å². The van der Waals surface area contributed by atoms with Crippen LogP contribution in [0.25, 0.3) is 17.0 Å². The predicted molar refractivity (Wildman–Crippen MR) is 110 cm³/mol. The van der Waals surface area contributed by atoms with Crippen LogP contribution in [0.4, 0.5) is 0 Å². The molecule has 2 saturated heterocycles. The highest BCUT2D eigenvalue weighted by molar-refractivity contribution is 5.95. The van der Waals surface area contributed by atoms with Crippen molar-refractivity contribution in [3.8, 4) is 0 Å². The number of para-hydroxylation sites is 1. The second-order valence-electron chi connectivity index (χ2n) is 7.45. The largest absolute Gasteiger partial charge is 0.342 e. The molecule has 4 rings (SSSR count). The van der Waals surface area contributed by atoms with Crippen molar-refractivity contribution in [1.29, 1.82) is 0 Å². The smallest absolute Gasteiger partial charge is 0.246 e. The Morgan fingerprint density at radius 3 is 2.46 bits per heavy atom. The summed E-state index contributed by atoms with van der Waals surface area (Å²) in [6.07, 6.45) is 7.48. The Kier molecular flexibility index (Phi) is 5.67.